The van der Waals surface area contributed by atoms with Gasteiger partial charge >= 0.3 is 0 Å². The van der Waals surface area contributed by atoms with Gasteiger partial charge in [-0.15, -0.1) is 0 Å². The number of hydrogen-bond donors (Lipinski definition) is 3. The molecule has 1 amide bonds. The highest BCUT2D eigenvalue weighted by atomic mass is 32.1. The third-order valence-corrected chi connectivity index (χ3v) is 3.20. The second-order valence-electron chi connectivity index (χ2n) is 4.44. The van der Waals surface area contributed by atoms with E-state index >= 15 is 0 Å². The quantitative estimate of drug-likeness (QED) is 0.563. The van der Waals surface area contributed by atoms with E-state index in [0.29, 0.717) is 18.3 Å². The summed E-state index contributed by atoms with van der Waals surface area (Å²) in [6.07, 6.45) is 0.755. The second-order valence-corrected chi connectivity index (χ2v) is 4.85. The van der Waals surface area contributed by atoms with Crippen molar-refractivity contribution in [2.45, 2.75) is 13.3 Å². The van der Waals surface area contributed by atoms with Crippen LogP contribution in [-0.4, -0.2) is 24.2 Å². The van der Waals surface area contributed by atoms with Gasteiger partial charge in [-0.05, 0) is 37.2 Å². The Morgan fingerprint density at radius 2 is 2.16 bits per heavy atom. The molecule has 1 atom stereocenters. The molecule has 0 spiro atoms. The average Bonchev–Trinajstić information content (AvgIpc) is 2.93. The van der Waals surface area contributed by atoms with Crippen molar-refractivity contribution in [2.24, 2.45) is 5.92 Å². The molecule has 5 nitrogen and oxygen atoms in total. The van der Waals surface area contributed by atoms with Gasteiger partial charge in [0.25, 0.3) is 0 Å². The Balaban J connectivity index is 1.78. The van der Waals surface area contributed by atoms with Crippen LogP contribution in [0.3, 0.4) is 0 Å². The lowest BCUT2D eigenvalue weighted by atomic mass is 10.1. The van der Waals surface area contributed by atoms with E-state index < -0.39 is 0 Å². The van der Waals surface area contributed by atoms with E-state index in [1.54, 1.807) is 0 Å². The molecular weight excluding hydrogens is 262 g/mol. The van der Waals surface area contributed by atoms with E-state index in [9.17, 15) is 4.79 Å². The number of rotatable bonds is 2. The van der Waals surface area contributed by atoms with Crippen molar-refractivity contribution in [3.05, 3.63) is 29.8 Å². The van der Waals surface area contributed by atoms with Gasteiger partial charge in [-0.2, -0.15) is 0 Å². The molecule has 0 aliphatic carbocycles. The van der Waals surface area contributed by atoms with E-state index in [0.717, 1.165) is 17.7 Å². The van der Waals surface area contributed by atoms with Crippen molar-refractivity contribution in [1.82, 2.24) is 10.9 Å². The van der Waals surface area contributed by atoms with Crippen molar-refractivity contribution in [2.75, 3.05) is 18.5 Å². The molecule has 1 aromatic carbocycles. The molecular formula is C13H17N3O2S. The topological polar surface area (TPSA) is 62.4 Å². The number of benzene rings is 1. The fraction of sp³-hybridized carbons (Fsp3) is 0.385. The number of amides is 1. The molecule has 1 heterocycles. The minimum absolute atomic E-state index is 0.0891. The third kappa shape index (κ3) is 3.90. The second kappa shape index (κ2) is 6.49. The van der Waals surface area contributed by atoms with Crippen LogP contribution in [0, 0.1) is 12.8 Å². The van der Waals surface area contributed by atoms with E-state index in [1.165, 1.54) is 0 Å². The van der Waals surface area contributed by atoms with Crippen LogP contribution in [-0.2, 0) is 9.53 Å². The van der Waals surface area contributed by atoms with Crippen LogP contribution in [0.4, 0.5) is 5.69 Å². The van der Waals surface area contributed by atoms with Crippen molar-refractivity contribution in [3.63, 3.8) is 0 Å². The maximum Gasteiger partial charge on any atom is 0.243 e. The Morgan fingerprint density at radius 3 is 2.84 bits per heavy atom. The van der Waals surface area contributed by atoms with Gasteiger partial charge in [0.2, 0.25) is 5.91 Å². The molecule has 6 heteroatoms. The molecule has 0 saturated carbocycles. The molecule has 102 valence electrons. The first-order valence-electron chi connectivity index (χ1n) is 6.17. The molecule has 3 N–H and O–H groups in total. The monoisotopic (exact) mass is 279 g/mol. The van der Waals surface area contributed by atoms with Crippen molar-refractivity contribution >= 4 is 28.9 Å². The zero-order chi connectivity index (χ0) is 13.7. The number of nitrogens with one attached hydrogen (secondary N) is 3. The van der Waals surface area contributed by atoms with Gasteiger partial charge in [0, 0.05) is 12.3 Å². The molecule has 1 fully saturated rings. The maximum absolute atomic E-state index is 11.7. The summed E-state index contributed by atoms with van der Waals surface area (Å²) in [6.45, 7) is 3.11. The Bertz CT molecular complexity index is 473. The number of anilines is 1. The average molecular weight is 279 g/mol. The molecule has 1 aromatic rings. The standard InChI is InChI=1S/C13H17N3O2S/c1-9-4-2-3-5-11(9)14-13(19)16-15-12(17)10-6-7-18-8-10/h2-5,10H,6-8H2,1H3,(H,15,17)(H2,14,16,19). The normalized spacial score (nSPS) is 17.8. The van der Waals surface area contributed by atoms with Crippen LogP contribution in [0.2, 0.25) is 0 Å². The van der Waals surface area contributed by atoms with Gasteiger partial charge in [-0.25, -0.2) is 0 Å². The minimum atomic E-state index is -0.0913. The van der Waals surface area contributed by atoms with E-state index in [1.807, 2.05) is 31.2 Å². The molecule has 1 unspecified atom stereocenters. The lowest BCUT2D eigenvalue weighted by Crippen LogP contribution is -2.46. The van der Waals surface area contributed by atoms with Crippen molar-refractivity contribution < 1.29 is 9.53 Å². The first kappa shape index (κ1) is 13.8. The highest BCUT2D eigenvalue weighted by Gasteiger charge is 2.23. The van der Waals surface area contributed by atoms with Crippen molar-refractivity contribution in [1.29, 1.82) is 0 Å². The van der Waals surface area contributed by atoms with Gasteiger partial charge in [0.05, 0.1) is 12.5 Å². The van der Waals surface area contributed by atoms with Gasteiger partial charge in [-0.1, -0.05) is 18.2 Å². The summed E-state index contributed by atoms with van der Waals surface area (Å²) in [6, 6.07) is 7.79. The lowest BCUT2D eigenvalue weighted by molar-refractivity contribution is -0.125. The summed E-state index contributed by atoms with van der Waals surface area (Å²) in [7, 11) is 0. The molecule has 0 bridgehead atoms. The molecule has 1 aliphatic rings. The summed E-state index contributed by atoms with van der Waals surface area (Å²) in [5.41, 5.74) is 7.29. The molecule has 0 radical (unpaired) electrons. The highest BCUT2D eigenvalue weighted by Crippen LogP contribution is 2.13. The Morgan fingerprint density at radius 1 is 1.37 bits per heavy atom. The largest absolute Gasteiger partial charge is 0.381 e. The fourth-order valence-corrected chi connectivity index (χ4v) is 1.99. The van der Waals surface area contributed by atoms with Gasteiger partial charge in [0.1, 0.15) is 0 Å². The Labute approximate surface area is 117 Å². The molecule has 1 aliphatic heterocycles. The molecule has 1 saturated heterocycles. The zero-order valence-corrected chi connectivity index (χ0v) is 11.5. The molecule has 19 heavy (non-hydrogen) atoms. The van der Waals surface area contributed by atoms with E-state index in [4.69, 9.17) is 17.0 Å². The number of thiocarbonyl (C=S) groups is 1. The van der Waals surface area contributed by atoms with Crippen LogP contribution in [0.25, 0.3) is 0 Å². The maximum atomic E-state index is 11.7. The number of para-hydroxylation sites is 1. The SMILES string of the molecule is Cc1ccccc1NC(=S)NNC(=O)C1CCOC1. The molecule has 2 rings (SSSR count). The first-order chi connectivity index (χ1) is 9.16. The first-order valence-corrected chi connectivity index (χ1v) is 6.58. The Kier molecular flexibility index (Phi) is 4.70. The summed E-state index contributed by atoms with van der Waals surface area (Å²) in [5.74, 6) is -0.180. The lowest BCUT2D eigenvalue weighted by Gasteiger charge is -2.14. The number of aryl methyl sites for hydroxylation is 1. The van der Waals surface area contributed by atoms with Crippen LogP contribution >= 0.6 is 12.2 Å². The van der Waals surface area contributed by atoms with Gasteiger partial charge in [-0.3, -0.25) is 15.6 Å². The summed E-state index contributed by atoms with van der Waals surface area (Å²) >= 11 is 5.12. The third-order valence-electron chi connectivity index (χ3n) is 2.99. The minimum Gasteiger partial charge on any atom is -0.381 e. The van der Waals surface area contributed by atoms with Crippen LogP contribution < -0.4 is 16.2 Å². The zero-order valence-electron chi connectivity index (χ0n) is 10.7. The fourth-order valence-electron chi connectivity index (χ4n) is 1.83. The van der Waals surface area contributed by atoms with Crippen LogP contribution in [0.1, 0.15) is 12.0 Å². The summed E-state index contributed by atoms with van der Waals surface area (Å²) in [5, 5.41) is 3.39. The number of carbonyl (C=O) groups excluding carboxylic acids is 1. The number of ether oxygens (including phenoxy) is 1. The van der Waals surface area contributed by atoms with E-state index in [-0.39, 0.29) is 11.8 Å². The van der Waals surface area contributed by atoms with E-state index in [2.05, 4.69) is 16.2 Å². The summed E-state index contributed by atoms with van der Waals surface area (Å²) in [4.78, 5) is 11.7. The smallest absolute Gasteiger partial charge is 0.243 e. The van der Waals surface area contributed by atoms with Crippen molar-refractivity contribution in [3.8, 4) is 0 Å². The van der Waals surface area contributed by atoms with Gasteiger partial charge < -0.3 is 10.1 Å². The van der Waals surface area contributed by atoms with Crippen LogP contribution in [0.5, 0.6) is 0 Å². The Hall–Kier alpha value is -1.66. The highest BCUT2D eigenvalue weighted by molar-refractivity contribution is 7.80. The molecule has 0 aromatic heterocycles. The van der Waals surface area contributed by atoms with Gasteiger partial charge in [0.15, 0.2) is 5.11 Å². The predicted molar refractivity (Wildman–Crippen MR) is 77.6 cm³/mol. The number of hydrogen-bond acceptors (Lipinski definition) is 3. The number of carbonyl (C=O) groups is 1. The summed E-state index contributed by atoms with van der Waals surface area (Å²) < 4.78 is 5.16. The van der Waals surface area contributed by atoms with Crippen LogP contribution in [0.15, 0.2) is 24.3 Å². The predicted octanol–water partition coefficient (Wildman–Crippen LogP) is 1.35. The number of hydrazine groups is 1.